The van der Waals surface area contributed by atoms with E-state index in [2.05, 4.69) is 4.74 Å². The molecule has 0 bridgehead atoms. The minimum Gasteiger partial charge on any atom is -0.466 e. The largest absolute Gasteiger partial charge is 0.466 e. The van der Waals surface area contributed by atoms with Gasteiger partial charge < -0.3 is 4.74 Å². The molecule has 1 aromatic rings. The fourth-order valence-corrected chi connectivity index (χ4v) is 1.93. The first-order valence-corrected chi connectivity index (χ1v) is 6.39. The molecule has 8 heteroatoms. The summed E-state index contributed by atoms with van der Waals surface area (Å²) in [4.78, 5) is 11.8. The summed E-state index contributed by atoms with van der Waals surface area (Å²) in [6.07, 6.45) is -9.28. The third-order valence-electron chi connectivity index (χ3n) is 3.15. The van der Waals surface area contributed by atoms with Gasteiger partial charge in [0.2, 0.25) is 0 Å². The molecule has 2 atom stereocenters. The Hall–Kier alpha value is -1.73. The van der Waals surface area contributed by atoms with Crippen molar-refractivity contribution in [2.45, 2.75) is 32.1 Å². The maximum atomic E-state index is 12.9. The van der Waals surface area contributed by atoms with E-state index in [1.165, 1.54) is 6.92 Å². The van der Waals surface area contributed by atoms with Crippen LogP contribution in [0.5, 0.6) is 0 Å². The number of hydrogen-bond acceptors (Lipinski definition) is 2. The fourth-order valence-electron chi connectivity index (χ4n) is 1.93. The molecule has 0 radical (unpaired) electrons. The standard InChI is InChI=1S/C14H14F6O2/c1-3-22-12(21)11(8(2)13(15,16)17)9-4-6-10(7-5-9)14(18,19)20/h4-8,11H,3H2,1-2H3. The Kier molecular flexibility index (Phi) is 5.48. The summed E-state index contributed by atoms with van der Waals surface area (Å²) in [5, 5.41) is 0. The molecule has 0 saturated heterocycles. The lowest BCUT2D eigenvalue weighted by atomic mass is 9.86. The van der Waals surface area contributed by atoms with E-state index in [-0.39, 0.29) is 12.2 Å². The van der Waals surface area contributed by atoms with Gasteiger partial charge in [0.1, 0.15) is 0 Å². The van der Waals surface area contributed by atoms with Gasteiger partial charge in [0.15, 0.2) is 0 Å². The van der Waals surface area contributed by atoms with Gasteiger partial charge in [-0.1, -0.05) is 19.1 Å². The van der Waals surface area contributed by atoms with E-state index in [0.717, 1.165) is 19.1 Å². The van der Waals surface area contributed by atoms with Gasteiger partial charge in [0.25, 0.3) is 0 Å². The second-order valence-electron chi connectivity index (χ2n) is 4.68. The molecule has 0 amide bonds. The maximum absolute atomic E-state index is 12.9. The molecule has 2 nitrogen and oxygen atoms in total. The highest BCUT2D eigenvalue weighted by atomic mass is 19.4. The maximum Gasteiger partial charge on any atom is 0.416 e. The number of alkyl halides is 6. The first-order valence-electron chi connectivity index (χ1n) is 6.39. The molecule has 1 aromatic carbocycles. The van der Waals surface area contributed by atoms with Gasteiger partial charge >= 0.3 is 18.3 Å². The Morgan fingerprint density at radius 2 is 1.59 bits per heavy atom. The predicted molar refractivity (Wildman–Crippen MR) is 66.0 cm³/mol. The molecule has 124 valence electrons. The summed E-state index contributed by atoms with van der Waals surface area (Å²) in [5.74, 6) is -4.90. The Bertz CT molecular complexity index is 504. The zero-order chi connectivity index (χ0) is 17.1. The summed E-state index contributed by atoms with van der Waals surface area (Å²) in [7, 11) is 0. The normalized spacial score (nSPS) is 15.3. The van der Waals surface area contributed by atoms with Crippen molar-refractivity contribution < 1.29 is 35.9 Å². The van der Waals surface area contributed by atoms with Crippen LogP contribution in [0, 0.1) is 5.92 Å². The molecule has 22 heavy (non-hydrogen) atoms. The number of ether oxygens (including phenoxy) is 1. The van der Waals surface area contributed by atoms with Crippen molar-refractivity contribution in [1.82, 2.24) is 0 Å². The van der Waals surface area contributed by atoms with Crippen LogP contribution in [0.15, 0.2) is 24.3 Å². The first kappa shape index (κ1) is 18.3. The molecule has 0 heterocycles. The van der Waals surface area contributed by atoms with Crippen molar-refractivity contribution >= 4 is 5.97 Å². The second kappa shape index (κ2) is 6.58. The average molecular weight is 328 g/mol. The smallest absolute Gasteiger partial charge is 0.416 e. The van der Waals surface area contributed by atoms with Crippen LogP contribution < -0.4 is 0 Å². The van der Waals surface area contributed by atoms with Crippen LogP contribution >= 0.6 is 0 Å². The van der Waals surface area contributed by atoms with Crippen LogP contribution in [0.2, 0.25) is 0 Å². The number of carbonyl (C=O) groups excluding carboxylic acids is 1. The van der Waals surface area contributed by atoms with Gasteiger partial charge in [-0.25, -0.2) is 0 Å². The predicted octanol–water partition coefficient (Wildman–Crippen LogP) is 4.55. The first-order chi connectivity index (χ1) is 9.98. The van der Waals surface area contributed by atoms with E-state index >= 15 is 0 Å². The van der Waals surface area contributed by atoms with E-state index in [1.54, 1.807) is 0 Å². The molecule has 0 N–H and O–H groups in total. The molecule has 0 aliphatic rings. The highest BCUT2D eigenvalue weighted by molar-refractivity contribution is 5.78. The number of halogens is 6. The van der Waals surface area contributed by atoms with Gasteiger partial charge in [0.05, 0.1) is 24.0 Å². The summed E-state index contributed by atoms with van der Waals surface area (Å²) in [6.45, 7) is 2.10. The quantitative estimate of drug-likeness (QED) is 0.599. The molecular weight excluding hydrogens is 314 g/mol. The monoisotopic (exact) mass is 328 g/mol. The summed E-state index contributed by atoms with van der Waals surface area (Å²) < 4.78 is 80.6. The average Bonchev–Trinajstić information content (AvgIpc) is 2.37. The zero-order valence-corrected chi connectivity index (χ0v) is 11.8. The van der Waals surface area contributed by atoms with Gasteiger partial charge in [-0.3, -0.25) is 4.79 Å². The minimum absolute atomic E-state index is 0.124. The van der Waals surface area contributed by atoms with Crippen molar-refractivity contribution in [3.63, 3.8) is 0 Å². The van der Waals surface area contributed by atoms with Crippen molar-refractivity contribution in [3.8, 4) is 0 Å². The van der Waals surface area contributed by atoms with Gasteiger partial charge in [0, 0.05) is 0 Å². The van der Waals surface area contributed by atoms with E-state index in [1.807, 2.05) is 0 Å². The number of esters is 1. The highest BCUT2D eigenvalue weighted by Gasteiger charge is 2.45. The van der Waals surface area contributed by atoms with Crippen LogP contribution in [0.3, 0.4) is 0 Å². The molecule has 0 saturated carbocycles. The topological polar surface area (TPSA) is 26.3 Å². The second-order valence-corrected chi connectivity index (χ2v) is 4.68. The van der Waals surface area contributed by atoms with Crippen LogP contribution in [0.1, 0.15) is 30.9 Å². The SMILES string of the molecule is CCOC(=O)C(c1ccc(C(F)(F)F)cc1)C(C)C(F)(F)F. The highest BCUT2D eigenvalue weighted by Crippen LogP contribution is 2.39. The third-order valence-corrected chi connectivity index (χ3v) is 3.15. The molecule has 0 fully saturated rings. The molecular formula is C14H14F6O2. The fraction of sp³-hybridized carbons (Fsp3) is 0.500. The summed E-state index contributed by atoms with van der Waals surface area (Å²) in [6, 6.07) is 3.02. The molecule has 2 unspecified atom stereocenters. The number of benzene rings is 1. The van der Waals surface area contributed by atoms with Crippen LogP contribution in [0.25, 0.3) is 0 Å². The summed E-state index contributed by atoms with van der Waals surface area (Å²) in [5.41, 5.74) is -1.17. The Balaban J connectivity index is 3.19. The van der Waals surface area contributed by atoms with Crippen LogP contribution in [0.4, 0.5) is 26.3 Å². The third kappa shape index (κ3) is 4.38. The number of rotatable bonds is 4. The molecule has 0 aliphatic carbocycles. The molecule has 0 aromatic heterocycles. The van der Waals surface area contributed by atoms with Crippen LogP contribution in [-0.2, 0) is 15.7 Å². The van der Waals surface area contributed by atoms with E-state index in [4.69, 9.17) is 0 Å². The van der Waals surface area contributed by atoms with Gasteiger partial charge in [-0.15, -0.1) is 0 Å². The van der Waals surface area contributed by atoms with Crippen molar-refractivity contribution in [1.29, 1.82) is 0 Å². The number of carbonyl (C=O) groups is 1. The van der Waals surface area contributed by atoms with E-state index < -0.39 is 35.7 Å². The Morgan fingerprint density at radius 3 is 1.95 bits per heavy atom. The number of hydrogen-bond donors (Lipinski definition) is 0. The minimum atomic E-state index is -4.68. The molecule has 1 rings (SSSR count). The molecule has 0 aliphatic heterocycles. The van der Waals surface area contributed by atoms with Gasteiger partial charge in [-0.2, -0.15) is 26.3 Å². The Labute approximate surface area is 123 Å². The van der Waals surface area contributed by atoms with Crippen molar-refractivity contribution in [3.05, 3.63) is 35.4 Å². The lowest BCUT2D eigenvalue weighted by molar-refractivity contribution is -0.185. The zero-order valence-electron chi connectivity index (χ0n) is 11.8. The van der Waals surface area contributed by atoms with Gasteiger partial charge in [-0.05, 0) is 24.6 Å². The Morgan fingerprint density at radius 1 is 1.09 bits per heavy atom. The lowest BCUT2D eigenvalue weighted by Gasteiger charge is -2.25. The summed E-state index contributed by atoms with van der Waals surface area (Å²) >= 11 is 0. The lowest BCUT2D eigenvalue weighted by Crippen LogP contribution is -2.32. The van der Waals surface area contributed by atoms with Crippen LogP contribution in [-0.4, -0.2) is 18.8 Å². The van der Waals surface area contributed by atoms with Crippen molar-refractivity contribution in [2.24, 2.45) is 5.92 Å². The van der Waals surface area contributed by atoms with E-state index in [9.17, 15) is 31.1 Å². The molecule has 0 spiro atoms. The van der Waals surface area contributed by atoms with Crippen molar-refractivity contribution in [2.75, 3.05) is 6.61 Å². The van der Waals surface area contributed by atoms with E-state index in [0.29, 0.717) is 12.1 Å².